The Morgan fingerprint density at radius 2 is 2.11 bits per heavy atom. The smallest absolute Gasteiger partial charge is 0.304 e. The number of carbonyl (C=O) groups is 1. The Kier molecular flexibility index (Phi) is 3.08. The van der Waals surface area contributed by atoms with Crippen molar-refractivity contribution in [3.63, 3.8) is 0 Å². The quantitative estimate of drug-likeness (QED) is 0.835. The first-order chi connectivity index (χ1) is 8.74. The molecule has 0 spiro atoms. The van der Waals surface area contributed by atoms with Crippen LogP contribution in [0.25, 0.3) is 0 Å². The van der Waals surface area contributed by atoms with E-state index < -0.39 is 5.97 Å². The third-order valence-electron chi connectivity index (χ3n) is 4.09. The van der Waals surface area contributed by atoms with Gasteiger partial charge in [0.15, 0.2) is 0 Å². The molecule has 18 heavy (non-hydrogen) atoms. The van der Waals surface area contributed by atoms with Crippen LogP contribution in [0.5, 0.6) is 0 Å². The van der Waals surface area contributed by atoms with Crippen molar-refractivity contribution in [3.8, 4) is 0 Å². The molecule has 0 aromatic heterocycles. The van der Waals surface area contributed by atoms with Gasteiger partial charge in [0.1, 0.15) is 0 Å². The molecule has 1 saturated carbocycles. The van der Waals surface area contributed by atoms with Gasteiger partial charge in [0.05, 0.1) is 6.42 Å². The van der Waals surface area contributed by atoms with Gasteiger partial charge in [-0.25, -0.2) is 0 Å². The highest BCUT2D eigenvalue weighted by Gasteiger charge is 2.34. The Morgan fingerprint density at radius 3 is 2.78 bits per heavy atom. The average Bonchev–Trinajstić information content (AvgIpc) is 3.13. The number of nitrogens with zero attached hydrogens (tertiary/aromatic N) is 1. The largest absolute Gasteiger partial charge is 0.481 e. The first kappa shape index (κ1) is 11.7. The average molecular weight is 245 g/mol. The molecule has 0 aliphatic heterocycles. The Labute approximate surface area is 107 Å². The molecule has 3 nitrogen and oxygen atoms in total. The monoisotopic (exact) mass is 245 g/mol. The number of hydrogen-bond acceptors (Lipinski definition) is 2. The molecule has 3 heteroatoms. The predicted molar refractivity (Wildman–Crippen MR) is 69.7 cm³/mol. The normalized spacial score (nSPS) is 21.5. The third-order valence-corrected chi connectivity index (χ3v) is 4.09. The van der Waals surface area contributed by atoms with Gasteiger partial charge in [-0.15, -0.1) is 0 Å². The van der Waals surface area contributed by atoms with E-state index >= 15 is 0 Å². The Balaban J connectivity index is 1.59. The second-order valence-corrected chi connectivity index (χ2v) is 5.47. The summed E-state index contributed by atoms with van der Waals surface area (Å²) in [6.07, 6.45) is 3.92. The van der Waals surface area contributed by atoms with Crippen LogP contribution in [0, 0.1) is 0 Å². The number of fused-ring (bicyclic) bond motifs is 1. The second kappa shape index (κ2) is 4.73. The highest BCUT2D eigenvalue weighted by atomic mass is 16.4. The molecule has 1 fully saturated rings. The molecule has 1 unspecified atom stereocenters. The van der Waals surface area contributed by atoms with E-state index in [0.29, 0.717) is 18.5 Å². The van der Waals surface area contributed by atoms with E-state index in [1.165, 1.54) is 24.0 Å². The van der Waals surface area contributed by atoms with E-state index in [0.717, 1.165) is 13.0 Å². The lowest BCUT2D eigenvalue weighted by Gasteiger charge is -2.35. The van der Waals surface area contributed by atoms with E-state index in [1.807, 2.05) is 0 Å². The first-order valence-electron chi connectivity index (χ1n) is 6.77. The molecule has 0 saturated heterocycles. The lowest BCUT2D eigenvalue weighted by molar-refractivity contribution is -0.137. The summed E-state index contributed by atoms with van der Waals surface area (Å²) in [5, 5.41) is 8.80. The van der Waals surface area contributed by atoms with Crippen molar-refractivity contribution in [1.82, 2.24) is 4.90 Å². The van der Waals surface area contributed by atoms with Crippen LogP contribution in [-0.2, 0) is 11.2 Å². The van der Waals surface area contributed by atoms with E-state index in [2.05, 4.69) is 29.2 Å². The van der Waals surface area contributed by atoms with Crippen LogP contribution in [0.4, 0.5) is 0 Å². The van der Waals surface area contributed by atoms with Crippen molar-refractivity contribution >= 4 is 5.97 Å². The summed E-state index contributed by atoms with van der Waals surface area (Å²) in [6, 6.07) is 9.26. The predicted octanol–water partition coefficient (Wildman–Crippen LogP) is 2.27. The van der Waals surface area contributed by atoms with Gasteiger partial charge in [0.25, 0.3) is 0 Å². The SMILES string of the molecule is O=C(O)CCN(CC1Cc2ccccc21)C1CC1. The molecule has 1 N–H and O–H groups in total. The van der Waals surface area contributed by atoms with Crippen LogP contribution in [0.2, 0.25) is 0 Å². The van der Waals surface area contributed by atoms with E-state index in [4.69, 9.17) is 5.11 Å². The molecule has 1 aromatic carbocycles. The van der Waals surface area contributed by atoms with Gasteiger partial charge in [-0.3, -0.25) is 9.69 Å². The minimum absolute atomic E-state index is 0.269. The van der Waals surface area contributed by atoms with Crippen molar-refractivity contribution in [1.29, 1.82) is 0 Å². The Hall–Kier alpha value is -1.35. The number of carboxylic acid groups (broad SMARTS) is 1. The van der Waals surface area contributed by atoms with Crippen LogP contribution in [0.3, 0.4) is 0 Å². The van der Waals surface area contributed by atoms with E-state index in [9.17, 15) is 4.79 Å². The summed E-state index contributed by atoms with van der Waals surface area (Å²) in [6.45, 7) is 1.74. The van der Waals surface area contributed by atoms with Gasteiger partial charge in [0, 0.05) is 25.0 Å². The minimum Gasteiger partial charge on any atom is -0.481 e. The highest BCUT2D eigenvalue weighted by Crippen LogP contribution is 2.37. The van der Waals surface area contributed by atoms with Gasteiger partial charge in [-0.2, -0.15) is 0 Å². The zero-order valence-corrected chi connectivity index (χ0v) is 10.5. The van der Waals surface area contributed by atoms with Gasteiger partial charge >= 0.3 is 5.97 Å². The summed E-state index contributed by atoms with van der Waals surface area (Å²) in [5.41, 5.74) is 2.94. The van der Waals surface area contributed by atoms with Crippen molar-refractivity contribution in [3.05, 3.63) is 35.4 Å². The maximum atomic E-state index is 10.7. The fourth-order valence-corrected chi connectivity index (χ4v) is 2.91. The molecule has 3 rings (SSSR count). The van der Waals surface area contributed by atoms with Crippen LogP contribution in [0.15, 0.2) is 24.3 Å². The molecule has 0 radical (unpaired) electrons. The molecule has 1 atom stereocenters. The number of benzene rings is 1. The second-order valence-electron chi connectivity index (χ2n) is 5.47. The van der Waals surface area contributed by atoms with Gasteiger partial charge in [0.2, 0.25) is 0 Å². The molecule has 0 bridgehead atoms. The standard InChI is InChI=1S/C15H19NO2/c17-15(18)7-8-16(13-5-6-13)10-12-9-11-3-1-2-4-14(11)12/h1-4,12-13H,5-10H2,(H,17,18). The first-order valence-corrected chi connectivity index (χ1v) is 6.77. The Bertz CT molecular complexity index is 454. The van der Waals surface area contributed by atoms with Crippen molar-refractivity contribution in [2.45, 2.75) is 37.6 Å². The maximum Gasteiger partial charge on any atom is 0.304 e. The molecule has 1 aromatic rings. The summed E-state index contributed by atoms with van der Waals surface area (Å²) < 4.78 is 0. The van der Waals surface area contributed by atoms with E-state index in [-0.39, 0.29) is 6.42 Å². The van der Waals surface area contributed by atoms with Crippen LogP contribution in [0.1, 0.15) is 36.3 Å². The van der Waals surface area contributed by atoms with Crippen molar-refractivity contribution < 1.29 is 9.90 Å². The van der Waals surface area contributed by atoms with Crippen LogP contribution < -0.4 is 0 Å². The van der Waals surface area contributed by atoms with Crippen LogP contribution in [-0.4, -0.2) is 35.1 Å². The molecule has 2 aliphatic carbocycles. The molecular weight excluding hydrogens is 226 g/mol. The summed E-state index contributed by atoms with van der Waals surface area (Å²) in [4.78, 5) is 13.1. The zero-order chi connectivity index (χ0) is 12.5. The summed E-state index contributed by atoms with van der Waals surface area (Å²) in [5.74, 6) is -0.0646. The van der Waals surface area contributed by atoms with Gasteiger partial charge < -0.3 is 5.11 Å². The number of rotatable bonds is 6. The maximum absolute atomic E-state index is 10.7. The van der Waals surface area contributed by atoms with Crippen molar-refractivity contribution in [2.75, 3.05) is 13.1 Å². The Morgan fingerprint density at radius 1 is 1.33 bits per heavy atom. The van der Waals surface area contributed by atoms with Gasteiger partial charge in [-0.05, 0) is 30.4 Å². The van der Waals surface area contributed by atoms with Gasteiger partial charge in [-0.1, -0.05) is 24.3 Å². The lowest BCUT2D eigenvalue weighted by atomic mass is 9.77. The fourth-order valence-electron chi connectivity index (χ4n) is 2.91. The number of hydrogen-bond donors (Lipinski definition) is 1. The molecule has 0 heterocycles. The fraction of sp³-hybridized carbons (Fsp3) is 0.533. The molecular formula is C15H19NO2. The van der Waals surface area contributed by atoms with Crippen LogP contribution >= 0.6 is 0 Å². The van der Waals surface area contributed by atoms with E-state index in [1.54, 1.807) is 0 Å². The lowest BCUT2D eigenvalue weighted by Crippen LogP contribution is -2.36. The topological polar surface area (TPSA) is 40.5 Å². The highest BCUT2D eigenvalue weighted by molar-refractivity contribution is 5.66. The summed E-state index contributed by atoms with van der Waals surface area (Å²) >= 11 is 0. The number of aliphatic carboxylic acids is 1. The molecule has 0 amide bonds. The summed E-state index contributed by atoms with van der Waals surface area (Å²) in [7, 11) is 0. The minimum atomic E-state index is -0.686. The van der Waals surface area contributed by atoms with Crippen molar-refractivity contribution in [2.24, 2.45) is 0 Å². The number of carboxylic acids is 1. The zero-order valence-electron chi connectivity index (χ0n) is 10.5. The third kappa shape index (κ3) is 2.41. The molecule has 96 valence electrons. The molecule has 2 aliphatic rings.